The Morgan fingerprint density at radius 3 is 1.86 bits per heavy atom. The molecule has 0 aromatic carbocycles. The van der Waals surface area contributed by atoms with Crippen LogP contribution in [0.1, 0.15) is 0 Å². The molecule has 7 heavy (non-hydrogen) atoms. The first-order valence-corrected chi connectivity index (χ1v) is 1.41. The second kappa shape index (κ2) is 2.13. The van der Waals surface area contributed by atoms with Crippen molar-refractivity contribution < 1.29 is 18.0 Å². The maximum atomic E-state index is 10.8. The van der Waals surface area contributed by atoms with Crippen molar-refractivity contribution in [2.24, 2.45) is 0 Å². The van der Waals surface area contributed by atoms with Crippen molar-refractivity contribution in [3.8, 4) is 0 Å². The van der Waals surface area contributed by atoms with Crippen LogP contribution in [0, 0.1) is 0 Å². The fourth-order valence-corrected chi connectivity index (χ4v) is 0.0818. The average Bonchev–Trinajstić information content (AvgIpc) is 1.30. The zero-order valence-electron chi connectivity index (χ0n) is 3.25. The minimum atomic E-state index is -4.36. The van der Waals surface area contributed by atoms with Gasteiger partial charge in [0.1, 0.15) is 0 Å². The lowest BCUT2D eigenvalue weighted by Crippen LogP contribution is -2.15. The van der Waals surface area contributed by atoms with Crippen LogP contribution in [0.2, 0.25) is 0 Å². The predicted molar refractivity (Wildman–Crippen MR) is 15.1 cm³/mol. The minimum Gasteiger partial charge on any atom is -0.276 e. The second-order valence-electron chi connectivity index (χ2n) is 0.904. The molecule has 0 aromatic heterocycles. The van der Waals surface area contributed by atoms with E-state index in [0.29, 0.717) is 0 Å². The Morgan fingerprint density at radius 1 is 1.43 bits per heavy atom. The summed E-state index contributed by atoms with van der Waals surface area (Å²) in [6.07, 6.45) is -4.36. The van der Waals surface area contributed by atoms with Crippen LogP contribution in [0.4, 0.5) is 13.2 Å². The third-order valence-electron chi connectivity index (χ3n) is 0.236. The monoisotopic (exact) mass is 114 g/mol. The van der Waals surface area contributed by atoms with E-state index >= 15 is 0 Å². The summed E-state index contributed by atoms with van der Waals surface area (Å²) in [4.78, 5) is 3.03. The molecule has 1 radical (unpaired) electrons. The molecule has 0 fully saturated rings. The van der Waals surface area contributed by atoms with Gasteiger partial charge in [-0.05, 0) is 0 Å². The van der Waals surface area contributed by atoms with Crippen LogP contribution >= 0.6 is 0 Å². The highest BCUT2D eigenvalue weighted by Gasteiger charge is 2.27. The van der Waals surface area contributed by atoms with Crippen molar-refractivity contribution in [3.05, 3.63) is 0 Å². The number of hydrogen-bond donors (Lipinski definition) is 0. The third kappa shape index (κ3) is 5.71. The Labute approximate surface area is 38.0 Å². The molecule has 0 amide bonds. The van der Waals surface area contributed by atoms with Gasteiger partial charge in [-0.15, -0.1) is 5.90 Å². The van der Waals surface area contributed by atoms with Gasteiger partial charge in [-0.2, -0.15) is 13.2 Å². The summed E-state index contributed by atoms with van der Waals surface area (Å²) in [6.45, 7) is -1.49. The molecule has 0 heterocycles. The number of nitrogens with one attached hydrogen (secondary N) is 1. The molecule has 0 aliphatic carbocycles. The highest BCUT2D eigenvalue weighted by molar-refractivity contribution is 4.41. The summed E-state index contributed by atoms with van der Waals surface area (Å²) in [5, 5.41) is 0. The van der Waals surface area contributed by atoms with Crippen LogP contribution in [0.15, 0.2) is 0 Å². The van der Waals surface area contributed by atoms with Gasteiger partial charge in [0.25, 0.3) is 0 Å². The molecule has 5 heteroatoms. The van der Waals surface area contributed by atoms with Gasteiger partial charge in [-0.3, -0.25) is 4.84 Å². The summed E-state index contributed by atoms with van der Waals surface area (Å²) >= 11 is 0. The molecule has 0 rings (SSSR count). The first-order valence-electron chi connectivity index (χ1n) is 1.41. The fourth-order valence-electron chi connectivity index (χ4n) is 0.0818. The number of halogens is 3. The van der Waals surface area contributed by atoms with Gasteiger partial charge in [0.2, 0.25) is 0 Å². The van der Waals surface area contributed by atoms with Crippen molar-refractivity contribution in [2.75, 3.05) is 6.61 Å². The largest absolute Gasteiger partial charge is 0.413 e. The molecule has 43 valence electrons. The Hall–Kier alpha value is -0.290. The van der Waals surface area contributed by atoms with Crippen LogP contribution in [0.3, 0.4) is 0 Å². The molecule has 0 bridgehead atoms. The Bertz CT molecular complexity index is 51.4. The molecule has 0 aliphatic heterocycles. The molecule has 2 nitrogen and oxygen atoms in total. The molecule has 1 N–H and O–H groups in total. The van der Waals surface area contributed by atoms with Crippen LogP contribution in [0.25, 0.3) is 0 Å². The van der Waals surface area contributed by atoms with Crippen molar-refractivity contribution >= 4 is 0 Å². The quantitative estimate of drug-likeness (QED) is 0.463. The van der Waals surface area contributed by atoms with E-state index in [2.05, 4.69) is 4.84 Å². The number of rotatable bonds is 1. The van der Waals surface area contributed by atoms with Crippen molar-refractivity contribution in [1.29, 1.82) is 0 Å². The molecule has 0 aromatic rings. The lowest BCUT2D eigenvalue weighted by molar-refractivity contribution is -0.177. The molecule has 0 atom stereocenters. The SMILES string of the molecule is [NH]OCC(F)(F)F. The zero-order valence-corrected chi connectivity index (χ0v) is 3.25. The average molecular weight is 114 g/mol. The van der Waals surface area contributed by atoms with E-state index in [4.69, 9.17) is 5.90 Å². The van der Waals surface area contributed by atoms with Crippen LogP contribution in [-0.4, -0.2) is 12.8 Å². The van der Waals surface area contributed by atoms with Crippen molar-refractivity contribution in [3.63, 3.8) is 0 Å². The van der Waals surface area contributed by atoms with Crippen molar-refractivity contribution in [2.45, 2.75) is 6.18 Å². The fraction of sp³-hybridized carbons (Fsp3) is 1.00. The summed E-state index contributed by atoms with van der Waals surface area (Å²) in [5.74, 6) is 5.64. The lowest BCUT2D eigenvalue weighted by atomic mass is 10.7. The van der Waals surface area contributed by atoms with E-state index in [1.54, 1.807) is 0 Å². The molecule has 0 aliphatic rings. The lowest BCUT2D eigenvalue weighted by Gasteiger charge is -1.99. The van der Waals surface area contributed by atoms with E-state index in [1.807, 2.05) is 0 Å². The van der Waals surface area contributed by atoms with E-state index in [-0.39, 0.29) is 0 Å². The van der Waals surface area contributed by atoms with Crippen LogP contribution in [-0.2, 0) is 4.84 Å². The standard InChI is InChI=1S/C2H3F3NO/c3-2(4,5)1-7-6/h6H,1H2. The Kier molecular flexibility index (Phi) is 2.04. The van der Waals surface area contributed by atoms with E-state index in [0.717, 1.165) is 0 Å². The van der Waals surface area contributed by atoms with Crippen LogP contribution in [0.5, 0.6) is 0 Å². The van der Waals surface area contributed by atoms with Gasteiger partial charge in [-0.1, -0.05) is 0 Å². The highest BCUT2D eigenvalue weighted by atomic mass is 19.4. The van der Waals surface area contributed by atoms with Crippen LogP contribution < -0.4 is 5.90 Å². The van der Waals surface area contributed by atoms with Gasteiger partial charge in [0.05, 0.1) is 0 Å². The predicted octanol–water partition coefficient (Wildman–Crippen LogP) is 0.763. The second-order valence-corrected chi connectivity index (χ2v) is 0.904. The third-order valence-corrected chi connectivity index (χ3v) is 0.236. The summed E-state index contributed by atoms with van der Waals surface area (Å²) in [5.41, 5.74) is 0. The Balaban J connectivity index is 3.15. The van der Waals surface area contributed by atoms with E-state index in [1.165, 1.54) is 0 Å². The molecule has 0 spiro atoms. The van der Waals surface area contributed by atoms with Gasteiger partial charge in [0.15, 0.2) is 6.61 Å². The minimum absolute atomic E-state index is 1.49. The van der Waals surface area contributed by atoms with Gasteiger partial charge < -0.3 is 0 Å². The topological polar surface area (TPSA) is 33.0 Å². The summed E-state index contributed by atoms with van der Waals surface area (Å²) in [7, 11) is 0. The normalized spacial score (nSPS) is 12.0. The molecule has 0 unspecified atom stereocenters. The molecule has 0 saturated carbocycles. The Morgan fingerprint density at radius 2 is 1.86 bits per heavy atom. The summed E-state index contributed by atoms with van der Waals surface area (Å²) in [6, 6.07) is 0. The van der Waals surface area contributed by atoms with Gasteiger partial charge in [-0.25, -0.2) is 0 Å². The number of alkyl halides is 3. The molecular formula is C2H3F3NO. The highest BCUT2D eigenvalue weighted by Crippen LogP contribution is 2.12. The first kappa shape index (κ1) is 6.71. The van der Waals surface area contributed by atoms with Crippen molar-refractivity contribution in [1.82, 2.24) is 5.90 Å². The molecular weight excluding hydrogens is 111 g/mol. The summed E-state index contributed by atoms with van der Waals surface area (Å²) < 4.78 is 32.4. The van der Waals surface area contributed by atoms with Gasteiger partial charge in [0, 0.05) is 0 Å². The smallest absolute Gasteiger partial charge is 0.276 e. The maximum absolute atomic E-state index is 10.8. The molecule has 0 saturated heterocycles. The number of hydrogen-bond acceptors (Lipinski definition) is 1. The maximum Gasteiger partial charge on any atom is 0.413 e. The first-order chi connectivity index (χ1) is 3.06. The van der Waals surface area contributed by atoms with E-state index in [9.17, 15) is 13.2 Å². The zero-order chi connectivity index (χ0) is 5.91. The van der Waals surface area contributed by atoms with Gasteiger partial charge >= 0.3 is 6.18 Å². The van der Waals surface area contributed by atoms with E-state index < -0.39 is 12.8 Å².